The quantitative estimate of drug-likeness (QED) is 0.888. The number of aryl methyl sites for hydroxylation is 1. The Bertz CT molecular complexity index is 602. The molecule has 2 rings (SSSR count). The zero-order chi connectivity index (χ0) is 15.4. The van der Waals surface area contributed by atoms with Crippen molar-refractivity contribution in [3.8, 4) is 11.1 Å². The molecule has 0 saturated heterocycles. The van der Waals surface area contributed by atoms with Gasteiger partial charge in [-0.1, -0.05) is 43.7 Å². The third-order valence-corrected chi connectivity index (χ3v) is 4.39. The number of amides is 1. The summed E-state index contributed by atoms with van der Waals surface area (Å²) in [6.07, 6.45) is -0.517. The van der Waals surface area contributed by atoms with Crippen LogP contribution in [0.4, 0.5) is 0 Å². The SMILES string of the molecule is Cc1ccc(-c2ccsc2C(=O)NCC(O)C(C)C)cc1. The molecule has 1 aromatic heterocycles. The summed E-state index contributed by atoms with van der Waals surface area (Å²) in [6.45, 7) is 6.18. The van der Waals surface area contributed by atoms with Crippen molar-refractivity contribution in [3.05, 3.63) is 46.2 Å². The Balaban J connectivity index is 2.13. The van der Waals surface area contributed by atoms with Crippen molar-refractivity contribution >= 4 is 17.2 Å². The molecule has 1 heterocycles. The van der Waals surface area contributed by atoms with Crippen LogP contribution in [-0.2, 0) is 0 Å². The molecule has 1 atom stereocenters. The monoisotopic (exact) mass is 303 g/mol. The van der Waals surface area contributed by atoms with E-state index in [2.05, 4.69) is 5.32 Å². The van der Waals surface area contributed by atoms with Crippen molar-refractivity contribution in [3.63, 3.8) is 0 Å². The van der Waals surface area contributed by atoms with Gasteiger partial charge in [-0.05, 0) is 29.9 Å². The van der Waals surface area contributed by atoms with E-state index in [0.717, 1.165) is 11.1 Å². The highest BCUT2D eigenvalue weighted by atomic mass is 32.1. The molecular weight excluding hydrogens is 282 g/mol. The predicted octanol–water partition coefficient (Wildman–Crippen LogP) is 3.47. The lowest BCUT2D eigenvalue weighted by Gasteiger charge is -2.15. The van der Waals surface area contributed by atoms with Crippen LogP contribution in [0.5, 0.6) is 0 Å². The zero-order valence-corrected chi connectivity index (χ0v) is 13.4. The van der Waals surface area contributed by atoms with Crippen molar-refractivity contribution in [1.29, 1.82) is 0 Å². The highest BCUT2D eigenvalue weighted by Gasteiger charge is 2.16. The summed E-state index contributed by atoms with van der Waals surface area (Å²) < 4.78 is 0. The predicted molar refractivity (Wildman–Crippen MR) is 87.7 cm³/mol. The number of hydrogen-bond acceptors (Lipinski definition) is 3. The van der Waals surface area contributed by atoms with Gasteiger partial charge in [-0.3, -0.25) is 4.79 Å². The lowest BCUT2D eigenvalue weighted by Crippen LogP contribution is -2.34. The number of thiophene rings is 1. The number of carbonyl (C=O) groups is 1. The molecule has 0 spiro atoms. The highest BCUT2D eigenvalue weighted by molar-refractivity contribution is 7.12. The number of rotatable bonds is 5. The van der Waals surface area contributed by atoms with Gasteiger partial charge in [0.05, 0.1) is 11.0 Å². The molecule has 21 heavy (non-hydrogen) atoms. The summed E-state index contributed by atoms with van der Waals surface area (Å²) >= 11 is 1.42. The fraction of sp³-hybridized carbons (Fsp3) is 0.353. The molecule has 2 aromatic rings. The Labute approximate surface area is 129 Å². The van der Waals surface area contributed by atoms with Crippen LogP contribution >= 0.6 is 11.3 Å². The van der Waals surface area contributed by atoms with Gasteiger partial charge in [0, 0.05) is 12.1 Å². The fourth-order valence-electron chi connectivity index (χ4n) is 1.96. The number of nitrogens with one attached hydrogen (secondary N) is 1. The molecule has 0 aliphatic heterocycles. The van der Waals surface area contributed by atoms with Crippen molar-refractivity contribution in [1.82, 2.24) is 5.32 Å². The van der Waals surface area contributed by atoms with E-state index in [1.54, 1.807) is 0 Å². The van der Waals surface area contributed by atoms with E-state index < -0.39 is 6.10 Å². The van der Waals surface area contributed by atoms with Crippen molar-refractivity contribution in [2.45, 2.75) is 26.9 Å². The topological polar surface area (TPSA) is 49.3 Å². The number of aliphatic hydroxyl groups is 1. The van der Waals surface area contributed by atoms with Gasteiger partial charge in [0.2, 0.25) is 0 Å². The van der Waals surface area contributed by atoms with Crippen LogP contribution in [0.3, 0.4) is 0 Å². The average Bonchev–Trinajstić information content (AvgIpc) is 2.94. The molecule has 3 nitrogen and oxygen atoms in total. The first kappa shape index (κ1) is 15.7. The second kappa shape index (κ2) is 6.87. The maximum absolute atomic E-state index is 12.3. The van der Waals surface area contributed by atoms with Gasteiger partial charge in [0.25, 0.3) is 5.91 Å². The Morgan fingerprint density at radius 3 is 2.52 bits per heavy atom. The van der Waals surface area contributed by atoms with E-state index in [9.17, 15) is 9.90 Å². The van der Waals surface area contributed by atoms with Crippen molar-refractivity contribution < 1.29 is 9.90 Å². The minimum atomic E-state index is -0.517. The van der Waals surface area contributed by atoms with Crippen LogP contribution in [0, 0.1) is 12.8 Å². The second-order valence-corrected chi connectivity index (χ2v) is 6.47. The van der Waals surface area contributed by atoms with E-state index in [1.165, 1.54) is 16.9 Å². The van der Waals surface area contributed by atoms with Gasteiger partial charge in [-0.2, -0.15) is 0 Å². The Kier molecular flexibility index (Phi) is 5.15. The van der Waals surface area contributed by atoms with Crippen molar-refractivity contribution in [2.75, 3.05) is 6.54 Å². The van der Waals surface area contributed by atoms with Crippen LogP contribution in [0.1, 0.15) is 29.1 Å². The standard InChI is InChI=1S/C17H21NO2S/c1-11(2)15(19)10-18-17(20)16-14(8-9-21-16)13-6-4-12(3)5-7-13/h4-9,11,15,19H,10H2,1-3H3,(H,18,20). The zero-order valence-electron chi connectivity index (χ0n) is 12.6. The summed E-state index contributed by atoms with van der Waals surface area (Å²) in [5, 5.41) is 14.5. The van der Waals surface area contributed by atoms with Gasteiger partial charge in [-0.25, -0.2) is 0 Å². The molecule has 2 N–H and O–H groups in total. The van der Waals surface area contributed by atoms with Crippen LogP contribution < -0.4 is 5.32 Å². The van der Waals surface area contributed by atoms with E-state index in [4.69, 9.17) is 0 Å². The Morgan fingerprint density at radius 2 is 1.90 bits per heavy atom. The Hall–Kier alpha value is -1.65. The highest BCUT2D eigenvalue weighted by Crippen LogP contribution is 2.28. The molecular formula is C17H21NO2S. The molecule has 4 heteroatoms. The van der Waals surface area contributed by atoms with Crippen LogP contribution in [0.15, 0.2) is 35.7 Å². The molecule has 1 amide bonds. The largest absolute Gasteiger partial charge is 0.391 e. The smallest absolute Gasteiger partial charge is 0.262 e. The van der Waals surface area contributed by atoms with Crippen LogP contribution in [-0.4, -0.2) is 23.7 Å². The summed E-state index contributed by atoms with van der Waals surface area (Å²) in [5.41, 5.74) is 3.17. The fourth-order valence-corrected chi connectivity index (χ4v) is 2.79. The van der Waals surface area contributed by atoms with E-state index in [-0.39, 0.29) is 18.4 Å². The van der Waals surface area contributed by atoms with Gasteiger partial charge < -0.3 is 10.4 Å². The second-order valence-electron chi connectivity index (χ2n) is 5.55. The lowest BCUT2D eigenvalue weighted by molar-refractivity contribution is 0.0876. The molecule has 112 valence electrons. The average molecular weight is 303 g/mol. The van der Waals surface area contributed by atoms with Gasteiger partial charge in [0.15, 0.2) is 0 Å². The van der Waals surface area contributed by atoms with Gasteiger partial charge in [-0.15, -0.1) is 11.3 Å². The number of benzene rings is 1. The molecule has 0 aliphatic rings. The molecule has 1 unspecified atom stereocenters. The van der Waals surface area contributed by atoms with E-state index in [0.29, 0.717) is 4.88 Å². The summed E-state index contributed by atoms with van der Waals surface area (Å²) in [4.78, 5) is 13.0. The summed E-state index contributed by atoms with van der Waals surface area (Å²) in [7, 11) is 0. The number of aliphatic hydroxyl groups excluding tert-OH is 1. The van der Waals surface area contributed by atoms with Crippen LogP contribution in [0.25, 0.3) is 11.1 Å². The molecule has 0 fully saturated rings. The number of hydrogen-bond donors (Lipinski definition) is 2. The molecule has 0 saturated carbocycles. The molecule has 0 bridgehead atoms. The maximum atomic E-state index is 12.3. The summed E-state index contributed by atoms with van der Waals surface area (Å²) in [5.74, 6) is 0.00507. The minimum Gasteiger partial charge on any atom is -0.391 e. The first-order chi connectivity index (χ1) is 9.99. The normalized spacial score (nSPS) is 12.4. The minimum absolute atomic E-state index is 0.125. The molecule has 0 aliphatic carbocycles. The molecule has 1 aromatic carbocycles. The van der Waals surface area contributed by atoms with Crippen LogP contribution in [0.2, 0.25) is 0 Å². The third-order valence-electron chi connectivity index (χ3n) is 3.48. The Morgan fingerprint density at radius 1 is 1.24 bits per heavy atom. The first-order valence-corrected chi connectivity index (χ1v) is 7.98. The number of carbonyl (C=O) groups excluding carboxylic acids is 1. The molecule has 0 radical (unpaired) electrons. The maximum Gasteiger partial charge on any atom is 0.262 e. The summed E-state index contributed by atoms with van der Waals surface area (Å²) in [6, 6.07) is 10.1. The van der Waals surface area contributed by atoms with Gasteiger partial charge >= 0.3 is 0 Å². The van der Waals surface area contributed by atoms with Crippen molar-refractivity contribution in [2.24, 2.45) is 5.92 Å². The van der Waals surface area contributed by atoms with E-state index in [1.807, 2.05) is 56.5 Å². The lowest BCUT2D eigenvalue weighted by atomic mass is 10.0. The van der Waals surface area contributed by atoms with E-state index >= 15 is 0 Å². The first-order valence-electron chi connectivity index (χ1n) is 7.10. The van der Waals surface area contributed by atoms with Gasteiger partial charge in [0.1, 0.15) is 0 Å². The third kappa shape index (κ3) is 3.93.